The lowest BCUT2D eigenvalue weighted by Gasteiger charge is -2.16. The van der Waals surface area contributed by atoms with Crippen LogP contribution in [-0.4, -0.2) is 47.5 Å². The lowest BCUT2D eigenvalue weighted by Crippen LogP contribution is -2.18. The van der Waals surface area contributed by atoms with Gasteiger partial charge in [-0.2, -0.15) is 0 Å². The monoisotopic (exact) mass is 544 g/mol. The Morgan fingerprint density at radius 2 is 1.05 bits per heavy atom. The van der Waals surface area contributed by atoms with Crippen molar-refractivity contribution < 1.29 is 28.5 Å². The summed E-state index contributed by atoms with van der Waals surface area (Å²) in [5, 5.41) is -0.0315. The van der Waals surface area contributed by atoms with Crippen LogP contribution in [-0.2, 0) is 25.5 Å². The van der Waals surface area contributed by atoms with Gasteiger partial charge in [-0.05, 0) is 80.7 Å². The quantitative estimate of drug-likeness (QED) is 0.136. The third kappa shape index (κ3) is 12.5. The van der Waals surface area contributed by atoms with Crippen molar-refractivity contribution in [2.24, 2.45) is 0 Å². The molecule has 37 heavy (non-hydrogen) atoms. The van der Waals surface area contributed by atoms with Crippen LogP contribution in [0.15, 0.2) is 72.8 Å². The maximum atomic E-state index is 11.5. The highest BCUT2D eigenvalue weighted by Crippen LogP contribution is 2.20. The normalized spacial score (nSPS) is 12.4. The molecule has 6 nitrogen and oxygen atoms in total. The van der Waals surface area contributed by atoms with Gasteiger partial charge in [0, 0.05) is 11.5 Å². The van der Waals surface area contributed by atoms with Crippen molar-refractivity contribution >= 4 is 33.8 Å². The minimum Gasteiger partial charge on any atom is -0.465 e. The topological polar surface area (TPSA) is 71.1 Å². The van der Waals surface area contributed by atoms with Crippen LogP contribution in [0.2, 0.25) is 0 Å². The van der Waals surface area contributed by atoms with E-state index in [0.29, 0.717) is 35.9 Å². The molecule has 0 amide bonds. The first kappa shape index (κ1) is 30.7. The van der Waals surface area contributed by atoms with Gasteiger partial charge < -0.3 is 18.9 Å². The van der Waals surface area contributed by atoms with Gasteiger partial charge in [-0.1, -0.05) is 60.9 Å². The van der Waals surface area contributed by atoms with Gasteiger partial charge >= 0.3 is 0 Å². The summed E-state index contributed by atoms with van der Waals surface area (Å²) in [6, 6.07) is 15.8. The highest BCUT2D eigenvalue weighted by atomic mass is 32.2. The smallest absolute Gasteiger partial charge is 0.214 e. The Hall–Kier alpha value is -2.52. The summed E-state index contributed by atoms with van der Waals surface area (Å²) in [7, 11) is 0. The molecule has 0 heterocycles. The molecule has 0 N–H and O–H groups in total. The zero-order valence-electron chi connectivity index (χ0n) is 22.0. The van der Waals surface area contributed by atoms with E-state index in [9.17, 15) is 9.59 Å². The molecule has 2 unspecified atom stereocenters. The van der Waals surface area contributed by atoms with Crippen molar-refractivity contribution in [3.05, 3.63) is 84.0 Å². The zero-order chi connectivity index (χ0) is 27.2. The minimum atomic E-state index is -0.414. The molecule has 0 saturated carbocycles. The Morgan fingerprint density at radius 3 is 1.38 bits per heavy atom. The Balaban J connectivity index is 1.71. The lowest BCUT2D eigenvalue weighted by atomic mass is 10.0. The molecule has 2 aromatic rings. The second kappa shape index (κ2) is 16.3. The zero-order valence-corrected chi connectivity index (χ0v) is 23.6. The molecular weight excluding hydrogens is 508 g/mol. The fourth-order valence-corrected chi connectivity index (χ4v) is 4.22. The van der Waals surface area contributed by atoms with Gasteiger partial charge in [-0.15, -0.1) is 0 Å². The molecule has 0 aliphatic carbocycles. The summed E-state index contributed by atoms with van der Waals surface area (Å²) >= 11 is 2.40. The second-order valence-electron chi connectivity index (χ2n) is 8.41. The molecule has 0 bridgehead atoms. The number of hydrogen-bond donors (Lipinski definition) is 0. The predicted molar refractivity (Wildman–Crippen MR) is 152 cm³/mol. The maximum Gasteiger partial charge on any atom is 0.214 e. The number of hydrogen-bond acceptors (Lipinski definition) is 8. The van der Waals surface area contributed by atoms with Gasteiger partial charge in [0.2, 0.25) is 10.2 Å². The average Bonchev–Trinajstić information content (AvgIpc) is 2.86. The van der Waals surface area contributed by atoms with Crippen LogP contribution in [0, 0.1) is 0 Å². The molecule has 8 heteroatoms. The van der Waals surface area contributed by atoms with E-state index in [4.69, 9.17) is 18.9 Å². The summed E-state index contributed by atoms with van der Waals surface area (Å²) in [6.45, 7) is 15.2. The van der Waals surface area contributed by atoms with E-state index in [2.05, 4.69) is 13.2 Å². The van der Waals surface area contributed by atoms with Crippen LogP contribution in [0.5, 0.6) is 11.5 Å². The van der Waals surface area contributed by atoms with Crippen molar-refractivity contribution in [2.75, 3.05) is 24.7 Å². The minimum absolute atomic E-state index is 0.0158. The van der Waals surface area contributed by atoms with Crippen molar-refractivity contribution in [3.8, 4) is 11.5 Å². The Kier molecular flexibility index (Phi) is 13.6. The third-order valence-corrected chi connectivity index (χ3v) is 6.86. The van der Waals surface area contributed by atoms with Crippen molar-refractivity contribution in [3.63, 3.8) is 0 Å². The number of thioether (sulfide) groups is 2. The van der Waals surface area contributed by atoms with E-state index in [1.54, 1.807) is 13.8 Å². The molecule has 200 valence electrons. The molecule has 0 aliphatic rings. The van der Waals surface area contributed by atoms with Gasteiger partial charge in [0.25, 0.3) is 0 Å². The van der Waals surface area contributed by atoms with Crippen molar-refractivity contribution in [1.82, 2.24) is 0 Å². The van der Waals surface area contributed by atoms with Crippen LogP contribution < -0.4 is 9.47 Å². The Bertz CT molecular complexity index is 950. The fraction of sp³-hybridized carbons (Fsp3) is 0.379. The highest BCUT2D eigenvalue weighted by Gasteiger charge is 2.09. The van der Waals surface area contributed by atoms with Gasteiger partial charge in [-0.25, -0.2) is 0 Å². The van der Waals surface area contributed by atoms with E-state index in [0.717, 1.165) is 29.0 Å². The third-order valence-electron chi connectivity index (χ3n) is 4.89. The summed E-state index contributed by atoms with van der Waals surface area (Å²) in [5.74, 6) is 2.57. The lowest BCUT2D eigenvalue weighted by molar-refractivity contribution is -0.108. The molecule has 0 radical (unpaired) electrons. The molecule has 2 aromatic carbocycles. The first-order chi connectivity index (χ1) is 17.6. The van der Waals surface area contributed by atoms with Gasteiger partial charge in [0.1, 0.15) is 11.5 Å². The van der Waals surface area contributed by atoms with Crippen LogP contribution in [0.25, 0.3) is 0 Å². The fourth-order valence-electron chi connectivity index (χ4n) is 3.00. The second-order valence-corrected chi connectivity index (χ2v) is 10.5. The predicted octanol–water partition coefficient (Wildman–Crippen LogP) is 6.43. The first-order valence-electron chi connectivity index (χ1n) is 12.0. The van der Waals surface area contributed by atoms with E-state index >= 15 is 0 Å². The molecule has 0 fully saturated rings. The summed E-state index contributed by atoms with van der Waals surface area (Å²) in [5.41, 5.74) is 3.39. The van der Waals surface area contributed by atoms with Crippen LogP contribution in [0.3, 0.4) is 0 Å². The maximum absolute atomic E-state index is 11.5. The van der Waals surface area contributed by atoms with Crippen molar-refractivity contribution in [2.45, 2.75) is 46.7 Å². The van der Waals surface area contributed by atoms with Crippen LogP contribution in [0.1, 0.15) is 38.8 Å². The van der Waals surface area contributed by atoms with Gasteiger partial charge in [-0.3, -0.25) is 9.59 Å². The Labute approximate surface area is 228 Å². The molecule has 2 atom stereocenters. The largest absolute Gasteiger partial charge is 0.465 e. The molecule has 0 aromatic heterocycles. The number of ether oxygens (including phenoxy) is 4. The van der Waals surface area contributed by atoms with E-state index < -0.39 is 12.6 Å². The van der Waals surface area contributed by atoms with Crippen LogP contribution in [0.4, 0.5) is 0 Å². The standard InChI is InChI=1S/C29H36O6S2/c1-20(2)28(30)36-17-15-32-22(5)34-26-11-7-24(8-12-26)19-25-9-13-27(14-10-25)35-23(6)33-16-18-37-29(31)21(3)4/h7-14,22-23H,1,3,15-19H2,2,4-6H3. The number of benzene rings is 2. The van der Waals surface area contributed by atoms with E-state index in [1.165, 1.54) is 23.5 Å². The number of rotatable bonds is 16. The summed E-state index contributed by atoms with van der Waals surface area (Å²) in [6.07, 6.45) is -0.0496. The molecular formula is C29H36O6S2. The van der Waals surface area contributed by atoms with E-state index in [-0.39, 0.29) is 10.2 Å². The molecule has 0 saturated heterocycles. The Morgan fingerprint density at radius 1 is 0.703 bits per heavy atom. The van der Waals surface area contributed by atoms with Gasteiger partial charge in [0.15, 0.2) is 12.6 Å². The molecule has 2 rings (SSSR count). The summed E-state index contributed by atoms with van der Waals surface area (Å²) in [4.78, 5) is 23.1. The SMILES string of the molecule is C=C(C)C(=O)SCCOC(C)Oc1ccc(Cc2ccc(OC(C)OCCSC(=O)C(=C)C)cc2)cc1. The molecule has 0 aliphatic heterocycles. The number of carbonyl (C=O) groups excluding carboxylic acids is 2. The van der Waals surface area contributed by atoms with E-state index in [1.807, 2.05) is 62.4 Å². The first-order valence-corrected chi connectivity index (χ1v) is 14.0. The highest BCUT2D eigenvalue weighted by molar-refractivity contribution is 8.14. The van der Waals surface area contributed by atoms with Crippen molar-refractivity contribution in [1.29, 1.82) is 0 Å². The number of carbonyl (C=O) groups is 2. The average molecular weight is 545 g/mol. The van der Waals surface area contributed by atoms with Crippen LogP contribution >= 0.6 is 23.5 Å². The van der Waals surface area contributed by atoms with Gasteiger partial charge in [0.05, 0.1) is 13.2 Å². The molecule has 0 spiro atoms. The summed E-state index contributed by atoms with van der Waals surface area (Å²) < 4.78 is 22.8.